The number of hydrogen-bond donors (Lipinski definition) is 3. The average Bonchev–Trinajstić information content (AvgIpc) is 2.57. The van der Waals surface area contributed by atoms with Gasteiger partial charge < -0.3 is 15.7 Å². The molecular formula is C20H24N2O3. The van der Waals surface area contributed by atoms with E-state index >= 15 is 0 Å². The van der Waals surface area contributed by atoms with Crippen LogP contribution < -0.4 is 10.6 Å². The zero-order chi connectivity index (χ0) is 18.4. The maximum atomic E-state index is 12.1. The van der Waals surface area contributed by atoms with Crippen LogP contribution in [-0.2, 0) is 9.59 Å². The number of amides is 2. The fourth-order valence-corrected chi connectivity index (χ4v) is 2.63. The lowest BCUT2D eigenvalue weighted by atomic mass is 10.0. The third kappa shape index (κ3) is 5.43. The number of carbonyl (C=O) groups excluding carboxylic acids is 2. The zero-order valence-corrected chi connectivity index (χ0v) is 14.7. The maximum Gasteiger partial charge on any atom is 0.313 e. The van der Waals surface area contributed by atoms with Crippen LogP contribution in [0.5, 0.6) is 0 Å². The van der Waals surface area contributed by atoms with E-state index in [0.29, 0.717) is 12.1 Å². The van der Waals surface area contributed by atoms with E-state index in [9.17, 15) is 14.7 Å². The first-order valence-electron chi connectivity index (χ1n) is 8.29. The normalized spacial score (nSPS) is 13.0. The monoisotopic (exact) mass is 340 g/mol. The van der Waals surface area contributed by atoms with Crippen LogP contribution in [0, 0.1) is 13.8 Å². The molecule has 2 aromatic rings. The average molecular weight is 340 g/mol. The minimum atomic E-state index is -0.715. The predicted octanol–water partition coefficient (Wildman–Crippen LogP) is 2.87. The number of anilines is 1. The standard InChI is InChI=1S/C20H24N2O3/c1-13-9-10-17(14(2)11-13)22-20(25)19(24)21-15(3)12-18(23)16-7-5-4-6-8-16/h4-11,15,18,23H,12H2,1-3H3,(H,21,24)(H,22,25). The predicted molar refractivity (Wildman–Crippen MR) is 98.2 cm³/mol. The van der Waals surface area contributed by atoms with Gasteiger partial charge in [0.15, 0.2) is 0 Å². The molecule has 5 heteroatoms. The topological polar surface area (TPSA) is 78.4 Å². The molecule has 0 radical (unpaired) electrons. The van der Waals surface area contributed by atoms with Gasteiger partial charge in [0.05, 0.1) is 6.10 Å². The van der Waals surface area contributed by atoms with Gasteiger partial charge >= 0.3 is 11.8 Å². The van der Waals surface area contributed by atoms with E-state index in [4.69, 9.17) is 0 Å². The maximum absolute atomic E-state index is 12.1. The van der Waals surface area contributed by atoms with E-state index in [1.54, 1.807) is 13.0 Å². The molecule has 2 atom stereocenters. The summed E-state index contributed by atoms with van der Waals surface area (Å²) >= 11 is 0. The molecule has 0 saturated carbocycles. The Bertz CT molecular complexity index is 744. The number of benzene rings is 2. The Balaban J connectivity index is 1.88. The van der Waals surface area contributed by atoms with Gasteiger partial charge in [0.2, 0.25) is 0 Å². The largest absolute Gasteiger partial charge is 0.388 e. The van der Waals surface area contributed by atoms with Crippen LogP contribution in [0.15, 0.2) is 48.5 Å². The molecular weight excluding hydrogens is 316 g/mol. The highest BCUT2D eigenvalue weighted by Crippen LogP contribution is 2.18. The van der Waals surface area contributed by atoms with Crippen LogP contribution in [0.2, 0.25) is 0 Å². The van der Waals surface area contributed by atoms with Crippen molar-refractivity contribution in [1.29, 1.82) is 0 Å². The number of rotatable bonds is 5. The first-order valence-corrected chi connectivity index (χ1v) is 8.29. The Morgan fingerprint density at radius 2 is 1.72 bits per heavy atom. The second-order valence-electron chi connectivity index (χ2n) is 6.31. The molecule has 0 fully saturated rings. The quantitative estimate of drug-likeness (QED) is 0.732. The first kappa shape index (κ1) is 18.7. The Labute approximate surface area is 148 Å². The minimum Gasteiger partial charge on any atom is -0.388 e. The molecule has 0 aromatic heterocycles. The SMILES string of the molecule is Cc1ccc(NC(=O)C(=O)NC(C)CC(O)c2ccccc2)c(C)c1. The number of hydrogen-bond acceptors (Lipinski definition) is 3. The first-order chi connectivity index (χ1) is 11.9. The van der Waals surface area contributed by atoms with Gasteiger partial charge in [-0.2, -0.15) is 0 Å². The number of aliphatic hydroxyl groups excluding tert-OH is 1. The molecule has 132 valence electrons. The van der Waals surface area contributed by atoms with E-state index in [2.05, 4.69) is 10.6 Å². The van der Waals surface area contributed by atoms with Crippen molar-refractivity contribution in [3.05, 3.63) is 65.2 Å². The number of nitrogens with one attached hydrogen (secondary N) is 2. The third-order valence-electron chi connectivity index (χ3n) is 3.97. The summed E-state index contributed by atoms with van der Waals surface area (Å²) in [6, 6.07) is 14.5. The molecule has 0 aliphatic rings. The van der Waals surface area contributed by atoms with E-state index in [1.165, 1.54) is 0 Å². The molecule has 0 spiro atoms. The van der Waals surface area contributed by atoms with Gasteiger partial charge in [-0.15, -0.1) is 0 Å². The van der Waals surface area contributed by atoms with Crippen molar-refractivity contribution in [2.45, 2.75) is 39.3 Å². The smallest absolute Gasteiger partial charge is 0.313 e. The summed E-state index contributed by atoms with van der Waals surface area (Å²) < 4.78 is 0. The van der Waals surface area contributed by atoms with Crippen molar-refractivity contribution in [2.75, 3.05) is 5.32 Å². The van der Waals surface area contributed by atoms with E-state index in [-0.39, 0.29) is 6.04 Å². The lowest BCUT2D eigenvalue weighted by molar-refractivity contribution is -0.136. The summed E-state index contributed by atoms with van der Waals surface area (Å²) in [6.07, 6.45) is -0.369. The van der Waals surface area contributed by atoms with Crippen LogP contribution in [-0.4, -0.2) is 23.0 Å². The van der Waals surface area contributed by atoms with Crippen LogP contribution in [0.25, 0.3) is 0 Å². The molecule has 0 aliphatic carbocycles. The number of aryl methyl sites for hydroxylation is 2. The highest BCUT2D eigenvalue weighted by atomic mass is 16.3. The van der Waals surface area contributed by atoms with Crippen LogP contribution in [0.4, 0.5) is 5.69 Å². The summed E-state index contributed by atoms with van der Waals surface area (Å²) in [5, 5.41) is 15.4. The van der Waals surface area contributed by atoms with Crippen LogP contribution >= 0.6 is 0 Å². The van der Waals surface area contributed by atoms with Gasteiger partial charge in [0.1, 0.15) is 0 Å². The summed E-state index contributed by atoms with van der Waals surface area (Å²) in [5.74, 6) is -1.43. The summed E-state index contributed by atoms with van der Waals surface area (Å²) in [4.78, 5) is 24.1. The molecule has 2 amide bonds. The van der Waals surface area contributed by atoms with Crippen molar-refractivity contribution >= 4 is 17.5 Å². The van der Waals surface area contributed by atoms with Crippen molar-refractivity contribution in [2.24, 2.45) is 0 Å². The Morgan fingerprint density at radius 3 is 2.36 bits per heavy atom. The Hall–Kier alpha value is -2.66. The molecule has 2 rings (SSSR count). The van der Waals surface area contributed by atoms with Gasteiger partial charge in [0, 0.05) is 11.7 Å². The van der Waals surface area contributed by atoms with E-state index < -0.39 is 17.9 Å². The van der Waals surface area contributed by atoms with Crippen molar-refractivity contribution < 1.29 is 14.7 Å². The third-order valence-corrected chi connectivity index (χ3v) is 3.97. The van der Waals surface area contributed by atoms with Gasteiger partial charge in [-0.3, -0.25) is 9.59 Å². The molecule has 0 aliphatic heterocycles. The molecule has 2 unspecified atom stereocenters. The molecule has 25 heavy (non-hydrogen) atoms. The molecule has 0 bridgehead atoms. The second-order valence-corrected chi connectivity index (χ2v) is 6.31. The van der Waals surface area contributed by atoms with Gasteiger partial charge in [-0.25, -0.2) is 0 Å². The highest BCUT2D eigenvalue weighted by molar-refractivity contribution is 6.39. The van der Waals surface area contributed by atoms with Gasteiger partial charge in [-0.1, -0.05) is 48.0 Å². The van der Waals surface area contributed by atoms with Crippen LogP contribution in [0.3, 0.4) is 0 Å². The fraction of sp³-hybridized carbons (Fsp3) is 0.300. The fourth-order valence-electron chi connectivity index (χ4n) is 2.63. The second kappa shape index (κ2) is 8.44. The summed E-state index contributed by atoms with van der Waals surface area (Å²) in [7, 11) is 0. The Kier molecular flexibility index (Phi) is 6.31. The van der Waals surface area contributed by atoms with Gasteiger partial charge in [0.25, 0.3) is 0 Å². The highest BCUT2D eigenvalue weighted by Gasteiger charge is 2.19. The molecule has 5 nitrogen and oxygen atoms in total. The van der Waals surface area contributed by atoms with Crippen molar-refractivity contribution in [3.63, 3.8) is 0 Å². The summed E-state index contributed by atoms with van der Waals surface area (Å²) in [5.41, 5.74) is 3.38. The molecule has 2 aromatic carbocycles. The van der Waals surface area contributed by atoms with Crippen molar-refractivity contribution in [3.8, 4) is 0 Å². The van der Waals surface area contributed by atoms with Crippen LogP contribution in [0.1, 0.15) is 36.1 Å². The van der Waals surface area contributed by atoms with E-state index in [0.717, 1.165) is 16.7 Å². The summed E-state index contributed by atoms with van der Waals surface area (Å²) in [6.45, 7) is 5.60. The minimum absolute atomic E-state index is 0.326. The molecule has 0 heterocycles. The number of aliphatic hydroxyl groups is 1. The molecule has 3 N–H and O–H groups in total. The number of carbonyl (C=O) groups is 2. The molecule has 0 saturated heterocycles. The Morgan fingerprint density at radius 1 is 1.04 bits per heavy atom. The zero-order valence-electron chi connectivity index (χ0n) is 14.7. The van der Waals surface area contributed by atoms with Crippen molar-refractivity contribution in [1.82, 2.24) is 5.32 Å². The van der Waals surface area contributed by atoms with E-state index in [1.807, 2.05) is 56.3 Å². The van der Waals surface area contributed by atoms with Gasteiger partial charge in [-0.05, 0) is 44.4 Å². The lowest BCUT2D eigenvalue weighted by Gasteiger charge is -2.18. The lowest BCUT2D eigenvalue weighted by Crippen LogP contribution is -2.41.